The molecular weight excluding hydrogens is 266 g/mol. The number of thiazole rings is 1. The Morgan fingerprint density at radius 2 is 2.05 bits per heavy atom. The van der Waals surface area contributed by atoms with Crippen LogP contribution in [0.5, 0.6) is 0 Å². The maximum atomic E-state index is 4.85. The maximum absolute atomic E-state index is 4.85. The van der Waals surface area contributed by atoms with Gasteiger partial charge in [-0.25, -0.2) is 4.98 Å². The van der Waals surface area contributed by atoms with Gasteiger partial charge >= 0.3 is 0 Å². The molecule has 0 bridgehead atoms. The van der Waals surface area contributed by atoms with Crippen molar-refractivity contribution in [2.24, 2.45) is 0 Å². The summed E-state index contributed by atoms with van der Waals surface area (Å²) in [5.74, 6) is 0. The Morgan fingerprint density at radius 3 is 2.70 bits per heavy atom. The highest BCUT2D eigenvalue weighted by atomic mass is 32.1. The molecule has 1 heterocycles. The summed E-state index contributed by atoms with van der Waals surface area (Å²) in [6, 6.07) is 11.2. The summed E-state index contributed by atoms with van der Waals surface area (Å²) in [5, 5.41) is 4.72. The van der Waals surface area contributed by atoms with Crippen molar-refractivity contribution >= 4 is 16.5 Å². The smallest absolute Gasteiger partial charge is 0.185 e. The summed E-state index contributed by atoms with van der Waals surface area (Å²) in [6.07, 6.45) is 2.64. The molecule has 20 heavy (non-hydrogen) atoms. The standard InChI is InChI=1S/C16H21N3S/c1-3-19(2)16-18-15(12-7-5-4-6-8-12)14(20-16)11-17-13-9-10-13/h4-8,13,17H,3,9-11H2,1-2H3. The van der Waals surface area contributed by atoms with Crippen LogP contribution in [0.4, 0.5) is 5.13 Å². The number of aromatic nitrogens is 1. The number of nitrogens with zero attached hydrogens (tertiary/aromatic N) is 2. The lowest BCUT2D eigenvalue weighted by Crippen LogP contribution is -2.15. The summed E-state index contributed by atoms with van der Waals surface area (Å²) >= 11 is 1.81. The van der Waals surface area contributed by atoms with Crippen LogP contribution in [-0.4, -0.2) is 24.6 Å². The second-order valence-electron chi connectivity index (χ2n) is 5.30. The van der Waals surface area contributed by atoms with Crippen molar-refractivity contribution in [3.63, 3.8) is 0 Å². The van der Waals surface area contributed by atoms with Crippen LogP contribution in [0.25, 0.3) is 11.3 Å². The molecule has 3 nitrogen and oxygen atoms in total. The van der Waals surface area contributed by atoms with Gasteiger partial charge in [0.05, 0.1) is 5.69 Å². The molecule has 0 saturated heterocycles. The first-order valence-electron chi connectivity index (χ1n) is 7.27. The van der Waals surface area contributed by atoms with E-state index in [0.29, 0.717) is 0 Å². The average molecular weight is 287 g/mol. The molecule has 1 fully saturated rings. The Balaban J connectivity index is 1.90. The lowest BCUT2D eigenvalue weighted by Gasteiger charge is -2.11. The van der Waals surface area contributed by atoms with Crippen LogP contribution in [0.1, 0.15) is 24.6 Å². The minimum Gasteiger partial charge on any atom is -0.351 e. The number of nitrogens with one attached hydrogen (secondary N) is 1. The fourth-order valence-electron chi connectivity index (χ4n) is 2.10. The Morgan fingerprint density at radius 1 is 1.30 bits per heavy atom. The molecule has 106 valence electrons. The molecule has 1 aliphatic carbocycles. The molecular formula is C16H21N3S. The topological polar surface area (TPSA) is 28.2 Å². The average Bonchev–Trinajstić information content (AvgIpc) is 3.23. The lowest BCUT2D eigenvalue weighted by molar-refractivity contribution is 0.695. The van der Waals surface area contributed by atoms with Gasteiger partial charge in [0, 0.05) is 36.6 Å². The van der Waals surface area contributed by atoms with Crippen molar-refractivity contribution < 1.29 is 0 Å². The summed E-state index contributed by atoms with van der Waals surface area (Å²) in [4.78, 5) is 8.41. The molecule has 3 rings (SSSR count). The van der Waals surface area contributed by atoms with Crippen LogP contribution in [0.2, 0.25) is 0 Å². The van der Waals surface area contributed by atoms with E-state index in [4.69, 9.17) is 4.98 Å². The zero-order valence-electron chi connectivity index (χ0n) is 12.1. The minimum atomic E-state index is 0.730. The van der Waals surface area contributed by atoms with Crippen molar-refractivity contribution in [3.05, 3.63) is 35.2 Å². The largest absolute Gasteiger partial charge is 0.351 e. The highest BCUT2D eigenvalue weighted by Gasteiger charge is 2.22. The van der Waals surface area contributed by atoms with Crippen LogP contribution in [0.3, 0.4) is 0 Å². The van der Waals surface area contributed by atoms with E-state index in [1.807, 2.05) is 11.3 Å². The molecule has 1 N–H and O–H groups in total. The van der Waals surface area contributed by atoms with Crippen molar-refractivity contribution in [1.29, 1.82) is 0 Å². The van der Waals surface area contributed by atoms with E-state index in [0.717, 1.165) is 30.0 Å². The fraction of sp³-hybridized carbons (Fsp3) is 0.438. The molecule has 0 radical (unpaired) electrons. The molecule has 1 aromatic carbocycles. The van der Waals surface area contributed by atoms with Gasteiger partial charge < -0.3 is 10.2 Å². The van der Waals surface area contributed by atoms with Gasteiger partial charge in [0.2, 0.25) is 0 Å². The molecule has 0 spiro atoms. The molecule has 1 aliphatic rings. The third-order valence-corrected chi connectivity index (χ3v) is 4.83. The monoisotopic (exact) mass is 287 g/mol. The molecule has 0 aliphatic heterocycles. The first-order valence-corrected chi connectivity index (χ1v) is 8.09. The molecule has 1 saturated carbocycles. The van der Waals surface area contributed by atoms with Crippen LogP contribution in [0.15, 0.2) is 30.3 Å². The second kappa shape index (κ2) is 5.94. The van der Waals surface area contributed by atoms with Crippen molar-refractivity contribution in [3.8, 4) is 11.3 Å². The van der Waals surface area contributed by atoms with E-state index in [1.165, 1.54) is 23.3 Å². The number of hydrogen-bond donors (Lipinski definition) is 1. The van der Waals surface area contributed by atoms with Gasteiger partial charge in [-0.3, -0.25) is 0 Å². The Labute approximate surface area is 124 Å². The van der Waals surface area contributed by atoms with Crippen LogP contribution in [0, 0.1) is 0 Å². The van der Waals surface area contributed by atoms with E-state index in [2.05, 4.69) is 54.5 Å². The number of anilines is 1. The van der Waals surface area contributed by atoms with E-state index in [9.17, 15) is 0 Å². The highest BCUT2D eigenvalue weighted by Crippen LogP contribution is 2.33. The van der Waals surface area contributed by atoms with Gasteiger partial charge in [-0.15, -0.1) is 0 Å². The van der Waals surface area contributed by atoms with Gasteiger partial charge in [0.25, 0.3) is 0 Å². The third kappa shape index (κ3) is 3.02. The molecule has 2 aromatic rings. The first kappa shape index (κ1) is 13.6. The van der Waals surface area contributed by atoms with E-state index in [1.54, 1.807) is 0 Å². The Bertz CT molecular complexity index is 560. The Kier molecular flexibility index (Phi) is 4.03. The van der Waals surface area contributed by atoms with Crippen LogP contribution in [-0.2, 0) is 6.54 Å². The van der Waals surface area contributed by atoms with Gasteiger partial charge in [-0.2, -0.15) is 0 Å². The molecule has 0 amide bonds. The number of hydrogen-bond acceptors (Lipinski definition) is 4. The predicted molar refractivity (Wildman–Crippen MR) is 86.4 cm³/mol. The SMILES string of the molecule is CCN(C)c1nc(-c2ccccc2)c(CNC2CC2)s1. The summed E-state index contributed by atoms with van der Waals surface area (Å²) in [5.41, 5.74) is 2.35. The Hall–Kier alpha value is -1.39. The van der Waals surface area contributed by atoms with Crippen molar-refractivity contribution in [2.75, 3.05) is 18.5 Å². The van der Waals surface area contributed by atoms with E-state index < -0.39 is 0 Å². The van der Waals surface area contributed by atoms with Gasteiger partial charge in [-0.1, -0.05) is 41.7 Å². The third-order valence-electron chi connectivity index (χ3n) is 3.66. The van der Waals surface area contributed by atoms with E-state index in [-0.39, 0.29) is 0 Å². The van der Waals surface area contributed by atoms with Gasteiger partial charge in [-0.05, 0) is 19.8 Å². The second-order valence-corrected chi connectivity index (χ2v) is 6.37. The normalized spacial score (nSPS) is 14.5. The zero-order chi connectivity index (χ0) is 13.9. The van der Waals surface area contributed by atoms with Gasteiger partial charge in [0.1, 0.15) is 0 Å². The van der Waals surface area contributed by atoms with Crippen molar-refractivity contribution in [2.45, 2.75) is 32.4 Å². The predicted octanol–water partition coefficient (Wildman–Crippen LogP) is 3.52. The van der Waals surface area contributed by atoms with Crippen LogP contribution < -0.4 is 10.2 Å². The molecule has 0 atom stereocenters. The molecule has 0 unspecified atom stereocenters. The lowest BCUT2D eigenvalue weighted by atomic mass is 10.1. The van der Waals surface area contributed by atoms with Crippen LogP contribution >= 0.6 is 11.3 Å². The minimum absolute atomic E-state index is 0.730. The molecule has 4 heteroatoms. The summed E-state index contributed by atoms with van der Waals surface area (Å²) in [6.45, 7) is 4.08. The molecule has 1 aromatic heterocycles. The summed E-state index contributed by atoms with van der Waals surface area (Å²) < 4.78 is 0. The summed E-state index contributed by atoms with van der Waals surface area (Å²) in [7, 11) is 2.10. The first-order chi connectivity index (χ1) is 9.78. The zero-order valence-corrected chi connectivity index (χ0v) is 12.9. The number of rotatable bonds is 6. The van der Waals surface area contributed by atoms with Crippen molar-refractivity contribution in [1.82, 2.24) is 10.3 Å². The fourth-order valence-corrected chi connectivity index (χ4v) is 3.16. The quantitative estimate of drug-likeness (QED) is 0.881. The highest BCUT2D eigenvalue weighted by molar-refractivity contribution is 7.16. The number of benzene rings is 1. The van der Waals surface area contributed by atoms with E-state index >= 15 is 0 Å². The maximum Gasteiger partial charge on any atom is 0.185 e. The van der Waals surface area contributed by atoms with Gasteiger partial charge in [0.15, 0.2) is 5.13 Å².